The van der Waals surface area contributed by atoms with Crippen molar-refractivity contribution in [2.75, 3.05) is 0 Å². The van der Waals surface area contributed by atoms with Crippen LogP contribution in [0.5, 0.6) is 0 Å². The molecular formula is C21H18ClF3N6O. The topological polar surface area (TPSA) is 81.6 Å². The van der Waals surface area contributed by atoms with Gasteiger partial charge < -0.3 is 5.11 Å². The largest absolute Gasteiger partial charge is 0.382 e. The molecule has 0 aliphatic rings. The fourth-order valence-corrected chi connectivity index (χ4v) is 3.78. The molecule has 0 aliphatic heterocycles. The van der Waals surface area contributed by atoms with Gasteiger partial charge in [0.15, 0.2) is 0 Å². The molecule has 0 radical (unpaired) electrons. The van der Waals surface area contributed by atoms with E-state index in [1.807, 2.05) is 0 Å². The highest BCUT2D eigenvalue weighted by Crippen LogP contribution is 2.39. The van der Waals surface area contributed by atoms with Gasteiger partial charge in [0.1, 0.15) is 29.4 Å². The molecule has 2 aromatic heterocycles. The van der Waals surface area contributed by atoms with Crippen LogP contribution in [0.2, 0.25) is 5.02 Å². The third-order valence-corrected chi connectivity index (χ3v) is 5.67. The average molecular weight is 463 g/mol. The summed E-state index contributed by atoms with van der Waals surface area (Å²) in [5, 5.41) is 26.9. The highest BCUT2D eigenvalue weighted by molar-refractivity contribution is 6.30. The summed E-state index contributed by atoms with van der Waals surface area (Å²) in [6.45, 7) is 1.55. The number of hydrogen-bond acceptors (Lipinski definition) is 5. The quantitative estimate of drug-likeness (QED) is 0.453. The van der Waals surface area contributed by atoms with Gasteiger partial charge in [-0.3, -0.25) is 4.68 Å². The summed E-state index contributed by atoms with van der Waals surface area (Å²) in [4.78, 5) is 0. The van der Waals surface area contributed by atoms with Gasteiger partial charge in [0.05, 0.1) is 23.8 Å². The summed E-state index contributed by atoms with van der Waals surface area (Å²) < 4.78 is 45.2. The van der Waals surface area contributed by atoms with E-state index in [0.717, 1.165) is 6.07 Å². The van der Waals surface area contributed by atoms with Crippen LogP contribution in [-0.2, 0) is 18.7 Å². The normalized spacial score (nSPS) is 14.3. The fourth-order valence-electron chi connectivity index (χ4n) is 3.58. The van der Waals surface area contributed by atoms with Crippen molar-refractivity contribution in [1.82, 2.24) is 30.0 Å². The zero-order chi connectivity index (χ0) is 22.9. The molecule has 166 valence electrons. The summed E-state index contributed by atoms with van der Waals surface area (Å²) >= 11 is 5.84. The number of halogens is 4. The first kappa shape index (κ1) is 22.0. The van der Waals surface area contributed by atoms with Crippen LogP contribution >= 0.6 is 11.6 Å². The Balaban J connectivity index is 1.68. The highest BCUT2D eigenvalue weighted by Gasteiger charge is 2.41. The van der Waals surface area contributed by atoms with Crippen molar-refractivity contribution >= 4 is 11.6 Å². The molecule has 2 heterocycles. The summed E-state index contributed by atoms with van der Waals surface area (Å²) in [5.74, 6) is -2.98. The van der Waals surface area contributed by atoms with E-state index in [2.05, 4.69) is 20.6 Å². The van der Waals surface area contributed by atoms with Gasteiger partial charge in [-0.2, -0.15) is 5.10 Å². The third kappa shape index (κ3) is 4.23. The Labute approximate surface area is 186 Å². The minimum atomic E-state index is -1.87. The zero-order valence-corrected chi connectivity index (χ0v) is 17.6. The summed E-state index contributed by atoms with van der Waals surface area (Å²) in [6.07, 6.45) is 2.89. The van der Waals surface area contributed by atoms with E-state index >= 15 is 0 Å². The van der Waals surface area contributed by atoms with Gasteiger partial charge in [0.2, 0.25) is 0 Å². The van der Waals surface area contributed by atoms with Crippen molar-refractivity contribution in [2.45, 2.75) is 31.5 Å². The molecule has 0 spiro atoms. The lowest BCUT2D eigenvalue weighted by molar-refractivity contribution is -0.0128. The maximum atomic E-state index is 14.7. The van der Waals surface area contributed by atoms with Crippen molar-refractivity contribution in [3.8, 4) is 0 Å². The molecule has 2 aromatic carbocycles. The first-order valence-electron chi connectivity index (χ1n) is 9.63. The van der Waals surface area contributed by atoms with Crippen LogP contribution in [0.4, 0.5) is 13.2 Å². The molecule has 7 nitrogen and oxygen atoms in total. The average Bonchev–Trinajstić information content (AvgIpc) is 3.43. The second kappa shape index (κ2) is 8.71. The summed E-state index contributed by atoms with van der Waals surface area (Å²) in [5.41, 5.74) is -1.24. The molecular weight excluding hydrogens is 445 g/mol. The fraction of sp³-hybridized carbons (Fsp3) is 0.238. The van der Waals surface area contributed by atoms with E-state index < -0.39 is 29.0 Å². The highest BCUT2D eigenvalue weighted by atomic mass is 35.5. The minimum Gasteiger partial charge on any atom is -0.382 e. The van der Waals surface area contributed by atoms with Crippen LogP contribution in [-0.4, -0.2) is 35.1 Å². The number of nitrogens with zero attached hydrogens (tertiary/aromatic N) is 6. The molecule has 0 bridgehead atoms. The first-order valence-corrected chi connectivity index (χ1v) is 10.0. The minimum absolute atomic E-state index is 0.00542. The van der Waals surface area contributed by atoms with Gasteiger partial charge in [-0.15, -0.1) is 5.10 Å². The lowest BCUT2D eigenvalue weighted by atomic mass is 9.80. The van der Waals surface area contributed by atoms with E-state index in [9.17, 15) is 18.3 Å². The van der Waals surface area contributed by atoms with Crippen LogP contribution in [0.3, 0.4) is 0 Å². The summed E-state index contributed by atoms with van der Waals surface area (Å²) in [7, 11) is 0. The second-order valence-electron chi connectivity index (χ2n) is 7.43. The van der Waals surface area contributed by atoms with E-state index in [-0.39, 0.29) is 23.7 Å². The molecule has 0 aliphatic carbocycles. The maximum Gasteiger partial charge on any atom is 0.146 e. The van der Waals surface area contributed by atoms with Crippen molar-refractivity contribution in [3.63, 3.8) is 0 Å². The number of aliphatic hydroxyl groups is 1. The molecule has 4 rings (SSSR count). The van der Waals surface area contributed by atoms with Crippen molar-refractivity contribution in [1.29, 1.82) is 0 Å². The molecule has 11 heteroatoms. The molecule has 32 heavy (non-hydrogen) atoms. The molecule has 1 N–H and O–H groups in total. The predicted octanol–water partition coefficient (Wildman–Crippen LogP) is 3.68. The van der Waals surface area contributed by atoms with Crippen LogP contribution < -0.4 is 0 Å². The standard InChI is InChI=1S/C21H18ClF3N6O/c1-13(19-7-8-30(27-19)10-14-3-2-4-17(22)20(14)25)21(32,11-31-12-26-28-29-31)16-6-5-15(23)9-18(16)24/h2-9,12-13,32H,10-11H2,1H3/t13-,21+/m0/s1. The Morgan fingerprint density at radius 1 is 1.12 bits per heavy atom. The Morgan fingerprint density at radius 3 is 2.66 bits per heavy atom. The molecule has 0 saturated carbocycles. The van der Waals surface area contributed by atoms with Gasteiger partial charge in [-0.05, 0) is 28.6 Å². The smallest absolute Gasteiger partial charge is 0.146 e. The van der Waals surface area contributed by atoms with E-state index in [4.69, 9.17) is 11.6 Å². The molecule has 4 aromatic rings. The Hall–Kier alpha value is -3.24. The first-order chi connectivity index (χ1) is 15.3. The van der Waals surface area contributed by atoms with Gasteiger partial charge in [0.25, 0.3) is 0 Å². The lowest BCUT2D eigenvalue weighted by Crippen LogP contribution is -2.38. The Bertz CT molecular complexity index is 1230. The number of hydrogen-bond donors (Lipinski definition) is 1. The van der Waals surface area contributed by atoms with Crippen LogP contribution in [0.25, 0.3) is 0 Å². The number of aromatic nitrogens is 6. The number of benzene rings is 2. The van der Waals surface area contributed by atoms with Gasteiger partial charge in [0, 0.05) is 29.3 Å². The zero-order valence-electron chi connectivity index (χ0n) is 16.8. The van der Waals surface area contributed by atoms with Gasteiger partial charge >= 0.3 is 0 Å². The van der Waals surface area contributed by atoms with Crippen molar-refractivity contribution in [3.05, 3.63) is 94.3 Å². The molecule has 0 amide bonds. The molecule has 0 fully saturated rings. The monoisotopic (exact) mass is 462 g/mol. The van der Waals surface area contributed by atoms with E-state index in [0.29, 0.717) is 17.3 Å². The third-order valence-electron chi connectivity index (χ3n) is 5.38. The van der Waals surface area contributed by atoms with Crippen LogP contribution in [0.1, 0.15) is 29.7 Å². The molecule has 0 unspecified atom stereocenters. The summed E-state index contributed by atoms with van der Waals surface area (Å²) in [6, 6.07) is 9.27. The van der Waals surface area contributed by atoms with Crippen LogP contribution in [0.15, 0.2) is 55.0 Å². The molecule has 0 saturated heterocycles. The predicted molar refractivity (Wildman–Crippen MR) is 109 cm³/mol. The Morgan fingerprint density at radius 2 is 1.94 bits per heavy atom. The number of tetrazole rings is 1. The Kier molecular flexibility index (Phi) is 5.98. The lowest BCUT2D eigenvalue weighted by Gasteiger charge is -2.33. The van der Waals surface area contributed by atoms with E-state index in [1.54, 1.807) is 31.3 Å². The second-order valence-corrected chi connectivity index (χ2v) is 7.84. The van der Waals surface area contributed by atoms with E-state index in [1.165, 1.54) is 27.8 Å². The number of rotatable bonds is 7. The maximum absolute atomic E-state index is 14.7. The van der Waals surface area contributed by atoms with Crippen LogP contribution in [0, 0.1) is 17.5 Å². The van der Waals surface area contributed by atoms with Gasteiger partial charge in [-0.25, -0.2) is 17.9 Å². The molecule has 2 atom stereocenters. The SMILES string of the molecule is C[C@@H](c1ccn(Cc2cccc(Cl)c2F)n1)[C@](O)(Cn1cnnn1)c1ccc(F)cc1F. The van der Waals surface area contributed by atoms with Crippen molar-refractivity contribution in [2.24, 2.45) is 0 Å². The van der Waals surface area contributed by atoms with Crippen molar-refractivity contribution < 1.29 is 18.3 Å². The van der Waals surface area contributed by atoms with Gasteiger partial charge in [-0.1, -0.05) is 36.7 Å².